The summed E-state index contributed by atoms with van der Waals surface area (Å²) in [5, 5.41) is 5.65. The third-order valence-corrected chi connectivity index (χ3v) is 5.76. The first-order valence-electron chi connectivity index (χ1n) is 6.52. The van der Waals surface area contributed by atoms with Crippen molar-refractivity contribution < 1.29 is 4.39 Å². The lowest BCUT2D eigenvalue weighted by atomic mass is 10.0. The van der Waals surface area contributed by atoms with Gasteiger partial charge >= 0.3 is 0 Å². The number of rotatable bonds is 6. The number of benzene rings is 1. The van der Waals surface area contributed by atoms with Crippen LogP contribution in [-0.4, -0.2) is 6.54 Å². The molecule has 0 saturated heterocycles. The number of hydrogen-bond donors (Lipinski definition) is 1. The normalized spacial score (nSPS) is 12.6. The summed E-state index contributed by atoms with van der Waals surface area (Å²) in [4.78, 5) is 1.29. The molecule has 5 heteroatoms. The predicted molar refractivity (Wildman–Crippen MR) is 90.9 cm³/mol. The maximum atomic E-state index is 13.2. The first-order valence-corrected chi connectivity index (χ1v) is 8.98. The van der Waals surface area contributed by atoms with E-state index in [4.69, 9.17) is 0 Å². The summed E-state index contributed by atoms with van der Waals surface area (Å²) >= 11 is 8.79. The van der Waals surface area contributed by atoms with E-state index in [9.17, 15) is 4.39 Å². The van der Waals surface area contributed by atoms with Crippen LogP contribution in [0, 0.1) is 5.82 Å². The van der Waals surface area contributed by atoms with Crippen LogP contribution >= 0.6 is 43.2 Å². The lowest BCUT2D eigenvalue weighted by molar-refractivity contribution is 0.533. The fraction of sp³-hybridized carbons (Fsp3) is 0.333. The molecule has 1 atom stereocenters. The molecule has 0 aliphatic heterocycles. The Kier molecular flexibility index (Phi) is 6.20. The summed E-state index contributed by atoms with van der Waals surface area (Å²) < 4.78 is 15.1. The predicted octanol–water partition coefficient (Wildman–Crippen LogP) is 5.70. The van der Waals surface area contributed by atoms with Gasteiger partial charge < -0.3 is 5.32 Å². The van der Waals surface area contributed by atoms with Crippen LogP contribution in [-0.2, 0) is 6.42 Å². The standard InChI is InChI=1S/C15H16Br2FNS/c1-2-6-19-14(15-12(16)5-7-20-15)8-10-3-4-11(18)9-13(10)17/h3-5,7,9,14,19H,2,6,8H2,1H3. The molecule has 0 spiro atoms. The summed E-state index contributed by atoms with van der Waals surface area (Å²) in [5.41, 5.74) is 1.11. The number of nitrogens with one attached hydrogen (secondary N) is 1. The highest BCUT2D eigenvalue weighted by atomic mass is 79.9. The van der Waals surface area contributed by atoms with Crippen molar-refractivity contribution in [2.45, 2.75) is 25.8 Å². The first kappa shape index (κ1) is 16.1. The Bertz CT molecular complexity index is 571. The van der Waals surface area contributed by atoms with Crippen molar-refractivity contribution in [2.24, 2.45) is 0 Å². The van der Waals surface area contributed by atoms with Crippen molar-refractivity contribution in [1.82, 2.24) is 5.32 Å². The third-order valence-electron chi connectivity index (χ3n) is 3.04. The summed E-state index contributed by atoms with van der Waals surface area (Å²) in [5.74, 6) is -0.212. The maximum absolute atomic E-state index is 13.2. The van der Waals surface area contributed by atoms with Gasteiger partial charge in [0.2, 0.25) is 0 Å². The van der Waals surface area contributed by atoms with Crippen molar-refractivity contribution in [2.75, 3.05) is 6.54 Å². The van der Waals surface area contributed by atoms with Gasteiger partial charge in [-0.2, -0.15) is 0 Å². The van der Waals surface area contributed by atoms with E-state index in [1.54, 1.807) is 11.3 Å². The lowest BCUT2D eigenvalue weighted by Gasteiger charge is -2.19. The van der Waals surface area contributed by atoms with Crippen LogP contribution < -0.4 is 5.32 Å². The van der Waals surface area contributed by atoms with Crippen molar-refractivity contribution in [3.63, 3.8) is 0 Å². The Morgan fingerprint density at radius 2 is 2.05 bits per heavy atom. The van der Waals surface area contributed by atoms with Gasteiger partial charge in [-0.25, -0.2) is 4.39 Å². The van der Waals surface area contributed by atoms with Gasteiger partial charge in [-0.15, -0.1) is 11.3 Å². The molecule has 1 heterocycles. The van der Waals surface area contributed by atoms with Crippen molar-refractivity contribution in [3.8, 4) is 0 Å². The number of hydrogen-bond acceptors (Lipinski definition) is 2. The zero-order chi connectivity index (χ0) is 14.5. The number of halogens is 3. The van der Waals surface area contributed by atoms with Crippen molar-refractivity contribution in [3.05, 3.63) is 54.8 Å². The Labute approximate surface area is 139 Å². The van der Waals surface area contributed by atoms with Gasteiger partial charge in [-0.1, -0.05) is 28.9 Å². The fourth-order valence-electron chi connectivity index (χ4n) is 2.04. The van der Waals surface area contributed by atoms with Crippen LogP contribution in [0.4, 0.5) is 4.39 Å². The highest BCUT2D eigenvalue weighted by Gasteiger charge is 2.17. The van der Waals surface area contributed by atoms with Crippen molar-refractivity contribution in [1.29, 1.82) is 0 Å². The molecule has 0 saturated carbocycles. The number of thiophene rings is 1. The first-order chi connectivity index (χ1) is 9.61. The summed E-state index contributed by atoms with van der Waals surface area (Å²) in [6.45, 7) is 3.12. The topological polar surface area (TPSA) is 12.0 Å². The Morgan fingerprint density at radius 3 is 2.65 bits per heavy atom. The molecule has 2 aromatic rings. The van der Waals surface area contributed by atoms with Crippen molar-refractivity contribution >= 4 is 43.2 Å². The molecular weight excluding hydrogens is 405 g/mol. The van der Waals surface area contributed by atoms with Crippen LogP contribution in [0.2, 0.25) is 0 Å². The lowest BCUT2D eigenvalue weighted by Crippen LogP contribution is -2.23. The monoisotopic (exact) mass is 419 g/mol. The van der Waals surface area contributed by atoms with Crippen LogP contribution in [0.1, 0.15) is 29.8 Å². The van der Waals surface area contributed by atoms with E-state index in [2.05, 4.69) is 55.5 Å². The second-order valence-corrected chi connectivity index (χ2v) is 7.24. The maximum Gasteiger partial charge on any atom is 0.124 e. The molecule has 1 aromatic heterocycles. The van der Waals surface area contributed by atoms with Crippen LogP contribution in [0.15, 0.2) is 38.6 Å². The zero-order valence-electron chi connectivity index (χ0n) is 11.1. The van der Waals surface area contributed by atoms with E-state index < -0.39 is 0 Å². The fourth-order valence-corrected chi connectivity index (χ4v) is 4.28. The summed E-state index contributed by atoms with van der Waals surface area (Å²) in [6.07, 6.45) is 1.92. The molecule has 1 nitrogen and oxygen atoms in total. The molecule has 1 unspecified atom stereocenters. The SMILES string of the molecule is CCCNC(Cc1ccc(F)cc1Br)c1sccc1Br. The van der Waals surface area contributed by atoms with Crippen LogP contribution in [0.25, 0.3) is 0 Å². The zero-order valence-corrected chi connectivity index (χ0v) is 15.1. The van der Waals surface area contributed by atoms with Gasteiger partial charge in [0, 0.05) is 19.9 Å². The molecule has 1 aromatic carbocycles. The van der Waals surface area contributed by atoms with E-state index in [0.29, 0.717) is 0 Å². The summed E-state index contributed by atoms with van der Waals surface area (Å²) in [7, 11) is 0. The Morgan fingerprint density at radius 1 is 1.25 bits per heavy atom. The average Bonchev–Trinajstić information content (AvgIpc) is 2.83. The van der Waals surface area contributed by atoms with E-state index in [0.717, 1.165) is 33.9 Å². The summed E-state index contributed by atoms with van der Waals surface area (Å²) in [6, 6.07) is 7.20. The van der Waals surface area contributed by atoms with Gasteiger partial charge in [-0.05, 0) is 64.5 Å². The minimum atomic E-state index is -0.212. The van der Waals surface area contributed by atoms with Crippen LogP contribution in [0.3, 0.4) is 0 Å². The van der Waals surface area contributed by atoms with Gasteiger partial charge in [-0.3, -0.25) is 0 Å². The molecule has 0 radical (unpaired) electrons. The second-order valence-electron chi connectivity index (χ2n) is 4.58. The molecule has 108 valence electrons. The molecular formula is C15H16Br2FNS. The smallest absolute Gasteiger partial charge is 0.124 e. The molecule has 20 heavy (non-hydrogen) atoms. The molecule has 2 rings (SSSR count). The average molecular weight is 421 g/mol. The van der Waals surface area contributed by atoms with Gasteiger partial charge in [0.05, 0.1) is 0 Å². The van der Waals surface area contributed by atoms with Gasteiger partial charge in [0.15, 0.2) is 0 Å². The highest BCUT2D eigenvalue weighted by molar-refractivity contribution is 9.10. The van der Waals surface area contributed by atoms with Gasteiger partial charge in [0.1, 0.15) is 5.82 Å². The quantitative estimate of drug-likeness (QED) is 0.632. The van der Waals surface area contributed by atoms with E-state index in [1.807, 2.05) is 6.07 Å². The van der Waals surface area contributed by atoms with Gasteiger partial charge in [0.25, 0.3) is 0 Å². The molecule has 0 aliphatic carbocycles. The second kappa shape index (κ2) is 7.69. The largest absolute Gasteiger partial charge is 0.309 e. The molecule has 0 aliphatic rings. The molecule has 1 N–H and O–H groups in total. The molecule has 0 fully saturated rings. The van der Waals surface area contributed by atoms with E-state index in [1.165, 1.54) is 17.0 Å². The van der Waals surface area contributed by atoms with E-state index in [-0.39, 0.29) is 11.9 Å². The highest BCUT2D eigenvalue weighted by Crippen LogP contribution is 2.32. The van der Waals surface area contributed by atoms with E-state index >= 15 is 0 Å². The van der Waals surface area contributed by atoms with Crippen LogP contribution in [0.5, 0.6) is 0 Å². The minimum Gasteiger partial charge on any atom is -0.309 e. The molecule has 0 bridgehead atoms. The Hall–Kier alpha value is -0.230. The Balaban J connectivity index is 2.21. The minimum absolute atomic E-state index is 0.212. The third kappa shape index (κ3) is 4.13. The molecule has 0 amide bonds.